The second-order valence-electron chi connectivity index (χ2n) is 6.12. The molecule has 0 aliphatic heterocycles. The molecule has 1 aromatic heterocycles. The second-order valence-corrected chi connectivity index (χ2v) is 6.12. The highest BCUT2D eigenvalue weighted by Gasteiger charge is 2.27. The summed E-state index contributed by atoms with van der Waals surface area (Å²) in [6.07, 6.45) is 4.85. The molecule has 20 heavy (non-hydrogen) atoms. The van der Waals surface area contributed by atoms with Gasteiger partial charge in [-0.2, -0.15) is 5.10 Å². The quantitative estimate of drug-likeness (QED) is 0.871. The normalized spacial score (nSPS) is 24.9. The summed E-state index contributed by atoms with van der Waals surface area (Å²) >= 11 is 0. The fraction of sp³-hybridized carbons (Fsp3) is 0.812. The third-order valence-corrected chi connectivity index (χ3v) is 4.78. The van der Waals surface area contributed by atoms with Crippen LogP contribution < -0.4 is 5.32 Å². The van der Waals surface area contributed by atoms with Gasteiger partial charge in [0.15, 0.2) is 0 Å². The number of aliphatic hydroxyl groups is 1. The molecule has 114 valence electrons. The van der Waals surface area contributed by atoms with Crippen LogP contribution in [0.1, 0.15) is 62.5 Å². The predicted molar refractivity (Wildman–Crippen MR) is 81.8 cm³/mol. The average Bonchev–Trinajstić information content (AvgIpc) is 2.73. The number of aliphatic hydroxyl groups excluding tert-OH is 1. The minimum Gasteiger partial charge on any atom is -0.396 e. The third kappa shape index (κ3) is 3.07. The van der Waals surface area contributed by atoms with E-state index in [0.29, 0.717) is 24.6 Å². The third-order valence-electron chi connectivity index (χ3n) is 4.78. The van der Waals surface area contributed by atoms with Gasteiger partial charge >= 0.3 is 0 Å². The van der Waals surface area contributed by atoms with E-state index in [1.165, 1.54) is 30.5 Å². The largest absolute Gasteiger partial charge is 0.396 e. The number of hydrogen-bond donors (Lipinski definition) is 2. The van der Waals surface area contributed by atoms with E-state index in [2.05, 4.69) is 42.8 Å². The molecule has 2 rings (SSSR count). The average molecular weight is 279 g/mol. The predicted octanol–water partition coefficient (Wildman–Crippen LogP) is 2.72. The Balaban J connectivity index is 2.11. The van der Waals surface area contributed by atoms with E-state index in [9.17, 15) is 5.11 Å². The van der Waals surface area contributed by atoms with Gasteiger partial charge < -0.3 is 10.4 Å². The van der Waals surface area contributed by atoms with Gasteiger partial charge in [0.05, 0.1) is 5.69 Å². The molecule has 1 saturated carbocycles. The van der Waals surface area contributed by atoms with Gasteiger partial charge in [-0.05, 0) is 46.5 Å². The van der Waals surface area contributed by atoms with Gasteiger partial charge in [-0.25, -0.2) is 0 Å². The number of hydrogen-bond acceptors (Lipinski definition) is 3. The Morgan fingerprint density at radius 3 is 2.65 bits per heavy atom. The van der Waals surface area contributed by atoms with Crippen LogP contribution in [0.15, 0.2) is 0 Å². The van der Waals surface area contributed by atoms with Crippen molar-refractivity contribution >= 4 is 0 Å². The van der Waals surface area contributed by atoms with Crippen LogP contribution in [0.5, 0.6) is 0 Å². The monoisotopic (exact) mass is 279 g/mol. The molecule has 0 bridgehead atoms. The minimum atomic E-state index is 0.299. The Kier molecular flexibility index (Phi) is 5.22. The SMILES string of the molecule is CCn1nc(C)c(C(C)NC2CCCCC2CO)c1C. The van der Waals surface area contributed by atoms with Gasteiger partial charge in [-0.15, -0.1) is 0 Å². The molecule has 1 fully saturated rings. The van der Waals surface area contributed by atoms with Crippen LogP contribution in [0, 0.1) is 19.8 Å². The summed E-state index contributed by atoms with van der Waals surface area (Å²) in [5.41, 5.74) is 3.72. The van der Waals surface area contributed by atoms with Crippen LogP contribution in [0.3, 0.4) is 0 Å². The lowest BCUT2D eigenvalue weighted by atomic mass is 9.84. The number of nitrogens with one attached hydrogen (secondary N) is 1. The van der Waals surface area contributed by atoms with Crippen LogP contribution in [0.2, 0.25) is 0 Å². The molecule has 0 amide bonds. The van der Waals surface area contributed by atoms with Crippen molar-refractivity contribution < 1.29 is 5.11 Å². The lowest BCUT2D eigenvalue weighted by Gasteiger charge is -2.33. The summed E-state index contributed by atoms with van der Waals surface area (Å²) in [5, 5.41) is 17.9. The molecular weight excluding hydrogens is 250 g/mol. The molecule has 3 atom stereocenters. The topological polar surface area (TPSA) is 50.1 Å². The van der Waals surface area contributed by atoms with Gasteiger partial charge in [0.25, 0.3) is 0 Å². The Morgan fingerprint density at radius 1 is 1.35 bits per heavy atom. The molecular formula is C16H29N3O. The summed E-state index contributed by atoms with van der Waals surface area (Å²) in [4.78, 5) is 0. The fourth-order valence-electron chi connectivity index (χ4n) is 3.70. The van der Waals surface area contributed by atoms with Crippen molar-refractivity contribution in [2.75, 3.05) is 6.61 Å². The Labute approximate surface area is 122 Å². The number of nitrogens with zero attached hydrogens (tertiary/aromatic N) is 2. The van der Waals surface area contributed by atoms with E-state index in [4.69, 9.17) is 0 Å². The first-order valence-corrected chi connectivity index (χ1v) is 7.99. The smallest absolute Gasteiger partial charge is 0.0644 e. The first-order valence-electron chi connectivity index (χ1n) is 7.99. The van der Waals surface area contributed by atoms with Gasteiger partial charge in [0, 0.05) is 36.5 Å². The van der Waals surface area contributed by atoms with Crippen molar-refractivity contribution in [3.63, 3.8) is 0 Å². The zero-order valence-electron chi connectivity index (χ0n) is 13.3. The summed E-state index contributed by atoms with van der Waals surface area (Å²) in [5.74, 6) is 0.410. The van der Waals surface area contributed by atoms with Crippen molar-refractivity contribution in [3.05, 3.63) is 17.0 Å². The maximum atomic E-state index is 9.54. The highest BCUT2D eigenvalue weighted by Crippen LogP contribution is 2.28. The van der Waals surface area contributed by atoms with Gasteiger partial charge in [-0.1, -0.05) is 12.8 Å². The van der Waals surface area contributed by atoms with Gasteiger partial charge in [0.2, 0.25) is 0 Å². The molecule has 0 saturated heterocycles. The standard InChI is InChI=1S/C16H29N3O/c1-5-19-13(4)16(12(3)18-19)11(2)17-15-9-7-6-8-14(15)10-20/h11,14-15,17,20H,5-10H2,1-4H3. The minimum absolute atomic E-state index is 0.299. The van der Waals surface area contributed by atoms with E-state index in [-0.39, 0.29) is 0 Å². The van der Waals surface area contributed by atoms with E-state index < -0.39 is 0 Å². The molecule has 4 heteroatoms. The number of aromatic nitrogens is 2. The van der Waals surface area contributed by atoms with E-state index >= 15 is 0 Å². The van der Waals surface area contributed by atoms with Crippen molar-refractivity contribution in [3.8, 4) is 0 Å². The van der Waals surface area contributed by atoms with Gasteiger partial charge in [-0.3, -0.25) is 4.68 Å². The molecule has 0 aromatic carbocycles. The molecule has 0 radical (unpaired) electrons. The molecule has 2 N–H and O–H groups in total. The first-order chi connectivity index (χ1) is 9.58. The second kappa shape index (κ2) is 6.72. The highest BCUT2D eigenvalue weighted by atomic mass is 16.3. The molecule has 1 aliphatic rings. The fourth-order valence-corrected chi connectivity index (χ4v) is 3.70. The van der Waals surface area contributed by atoms with Crippen molar-refractivity contribution in [2.24, 2.45) is 5.92 Å². The zero-order valence-corrected chi connectivity index (χ0v) is 13.3. The van der Waals surface area contributed by atoms with E-state index in [0.717, 1.165) is 18.7 Å². The first kappa shape index (κ1) is 15.5. The maximum Gasteiger partial charge on any atom is 0.0644 e. The Hall–Kier alpha value is -0.870. The molecule has 1 aromatic rings. The molecule has 3 unspecified atom stereocenters. The zero-order chi connectivity index (χ0) is 14.7. The van der Waals surface area contributed by atoms with Crippen molar-refractivity contribution in [1.82, 2.24) is 15.1 Å². The maximum absolute atomic E-state index is 9.54. The lowest BCUT2D eigenvalue weighted by molar-refractivity contribution is 0.147. The molecule has 1 heterocycles. The van der Waals surface area contributed by atoms with Crippen LogP contribution in [0.25, 0.3) is 0 Å². The van der Waals surface area contributed by atoms with E-state index in [1.807, 2.05) is 0 Å². The Morgan fingerprint density at radius 2 is 2.05 bits per heavy atom. The van der Waals surface area contributed by atoms with Gasteiger partial charge in [0.1, 0.15) is 0 Å². The molecule has 4 nitrogen and oxygen atoms in total. The van der Waals surface area contributed by atoms with Crippen LogP contribution in [-0.4, -0.2) is 27.5 Å². The number of aryl methyl sites for hydroxylation is 2. The molecule has 0 spiro atoms. The van der Waals surface area contributed by atoms with Crippen molar-refractivity contribution in [1.29, 1.82) is 0 Å². The summed E-state index contributed by atoms with van der Waals surface area (Å²) in [7, 11) is 0. The summed E-state index contributed by atoms with van der Waals surface area (Å²) in [6.45, 7) is 9.82. The van der Waals surface area contributed by atoms with E-state index in [1.54, 1.807) is 0 Å². The lowest BCUT2D eigenvalue weighted by Crippen LogP contribution is -2.41. The molecule has 1 aliphatic carbocycles. The number of rotatable bonds is 5. The summed E-state index contributed by atoms with van der Waals surface area (Å²) in [6, 6.07) is 0.736. The highest BCUT2D eigenvalue weighted by molar-refractivity contribution is 5.28. The Bertz CT molecular complexity index is 441. The van der Waals surface area contributed by atoms with Crippen LogP contribution in [0.4, 0.5) is 0 Å². The summed E-state index contributed by atoms with van der Waals surface area (Å²) < 4.78 is 2.08. The van der Waals surface area contributed by atoms with Crippen LogP contribution in [-0.2, 0) is 6.54 Å². The van der Waals surface area contributed by atoms with Crippen molar-refractivity contribution in [2.45, 2.75) is 72.0 Å². The van der Waals surface area contributed by atoms with Crippen LogP contribution >= 0.6 is 0 Å².